The third-order valence-corrected chi connectivity index (χ3v) is 2.46. The van der Waals surface area contributed by atoms with Crippen LogP contribution in [0.3, 0.4) is 0 Å². The third kappa shape index (κ3) is 3.82. The van der Waals surface area contributed by atoms with Gasteiger partial charge in [0.25, 0.3) is 0 Å². The summed E-state index contributed by atoms with van der Waals surface area (Å²) in [5, 5.41) is 3.27. The highest BCUT2D eigenvalue weighted by atomic mass is 79.9. The molecule has 0 saturated carbocycles. The first-order valence-electron chi connectivity index (χ1n) is 4.53. The molecule has 0 amide bonds. The van der Waals surface area contributed by atoms with Gasteiger partial charge >= 0.3 is 0 Å². The smallest absolute Gasteiger partial charge is 0.169 e. The van der Waals surface area contributed by atoms with Crippen molar-refractivity contribution in [3.05, 3.63) is 22.6 Å². The van der Waals surface area contributed by atoms with Gasteiger partial charge in [-0.25, -0.2) is 0 Å². The largest absolute Gasteiger partial charge is 0.453 e. The lowest BCUT2D eigenvalue weighted by Crippen LogP contribution is -2.36. The lowest BCUT2D eigenvalue weighted by molar-refractivity contribution is 0.0227. The van der Waals surface area contributed by atoms with Crippen LogP contribution in [0.2, 0.25) is 0 Å². The molecule has 1 aromatic rings. The fourth-order valence-corrected chi connectivity index (χ4v) is 1.35. The second kappa shape index (κ2) is 4.96. The summed E-state index contributed by atoms with van der Waals surface area (Å²) in [7, 11) is 1.71. The Labute approximate surface area is 92.9 Å². The standard InChI is InChI=1S/C10H16BrNO2/c1-10(2,13-3)7-12-6-8-4-5-9(11)14-8/h4-5,12H,6-7H2,1-3H3. The monoisotopic (exact) mass is 261 g/mol. The van der Waals surface area contributed by atoms with Gasteiger partial charge in [0.1, 0.15) is 5.76 Å². The molecule has 0 aliphatic heterocycles. The first-order valence-corrected chi connectivity index (χ1v) is 5.33. The number of methoxy groups -OCH3 is 1. The van der Waals surface area contributed by atoms with Crippen molar-refractivity contribution >= 4 is 15.9 Å². The van der Waals surface area contributed by atoms with Gasteiger partial charge in [0.05, 0.1) is 12.1 Å². The maximum atomic E-state index is 5.35. The number of halogens is 1. The Bertz CT molecular complexity index is 283. The van der Waals surface area contributed by atoms with E-state index in [9.17, 15) is 0 Å². The van der Waals surface area contributed by atoms with Crippen molar-refractivity contribution in [3.8, 4) is 0 Å². The van der Waals surface area contributed by atoms with Crippen LogP contribution in [-0.2, 0) is 11.3 Å². The molecule has 0 fully saturated rings. The summed E-state index contributed by atoms with van der Waals surface area (Å²) in [6.45, 7) is 5.59. The lowest BCUT2D eigenvalue weighted by atomic mass is 10.1. The Morgan fingerprint density at radius 3 is 2.71 bits per heavy atom. The number of hydrogen-bond donors (Lipinski definition) is 1. The van der Waals surface area contributed by atoms with Crippen LogP contribution in [0, 0.1) is 0 Å². The SMILES string of the molecule is COC(C)(C)CNCc1ccc(Br)o1. The summed E-state index contributed by atoms with van der Waals surface area (Å²) in [4.78, 5) is 0. The molecule has 0 aliphatic rings. The van der Waals surface area contributed by atoms with Crippen LogP contribution in [0.4, 0.5) is 0 Å². The van der Waals surface area contributed by atoms with Crippen molar-refractivity contribution in [3.63, 3.8) is 0 Å². The number of hydrogen-bond acceptors (Lipinski definition) is 3. The Kier molecular flexibility index (Phi) is 4.16. The molecule has 14 heavy (non-hydrogen) atoms. The zero-order chi connectivity index (χ0) is 10.6. The van der Waals surface area contributed by atoms with Crippen LogP contribution in [0.5, 0.6) is 0 Å². The van der Waals surface area contributed by atoms with Crippen LogP contribution in [-0.4, -0.2) is 19.3 Å². The van der Waals surface area contributed by atoms with Crippen LogP contribution in [0.15, 0.2) is 21.2 Å². The van der Waals surface area contributed by atoms with E-state index < -0.39 is 0 Å². The van der Waals surface area contributed by atoms with Gasteiger partial charge in [-0.3, -0.25) is 0 Å². The second-order valence-electron chi connectivity index (χ2n) is 3.77. The Morgan fingerprint density at radius 1 is 1.50 bits per heavy atom. The van der Waals surface area contributed by atoms with Gasteiger partial charge in [-0.2, -0.15) is 0 Å². The number of nitrogens with one attached hydrogen (secondary N) is 1. The van der Waals surface area contributed by atoms with Gasteiger partial charge in [-0.15, -0.1) is 0 Å². The highest BCUT2D eigenvalue weighted by Gasteiger charge is 2.15. The molecule has 4 heteroatoms. The molecule has 1 rings (SSSR count). The fourth-order valence-electron chi connectivity index (χ4n) is 1.01. The molecule has 0 saturated heterocycles. The minimum Gasteiger partial charge on any atom is -0.453 e. The van der Waals surface area contributed by atoms with E-state index in [-0.39, 0.29) is 5.60 Å². The minimum absolute atomic E-state index is 0.135. The molecule has 3 nitrogen and oxygen atoms in total. The van der Waals surface area contributed by atoms with Crippen molar-refractivity contribution in [2.24, 2.45) is 0 Å². The van der Waals surface area contributed by atoms with E-state index in [0.717, 1.165) is 23.5 Å². The molecule has 80 valence electrons. The third-order valence-electron chi connectivity index (χ3n) is 2.03. The first kappa shape index (κ1) is 11.8. The molecular weight excluding hydrogens is 246 g/mol. The highest BCUT2D eigenvalue weighted by molar-refractivity contribution is 9.10. The molecule has 0 aromatic carbocycles. The Balaban J connectivity index is 2.28. The highest BCUT2D eigenvalue weighted by Crippen LogP contribution is 2.14. The molecule has 1 heterocycles. The first-order chi connectivity index (χ1) is 6.53. The fraction of sp³-hybridized carbons (Fsp3) is 0.600. The number of ether oxygens (including phenoxy) is 1. The quantitative estimate of drug-likeness (QED) is 0.885. The summed E-state index contributed by atoms with van der Waals surface area (Å²) in [5.74, 6) is 0.920. The van der Waals surface area contributed by atoms with Gasteiger partial charge in [-0.05, 0) is 41.9 Å². The summed E-state index contributed by atoms with van der Waals surface area (Å²) in [6, 6.07) is 3.83. The maximum Gasteiger partial charge on any atom is 0.169 e. The van der Waals surface area contributed by atoms with E-state index >= 15 is 0 Å². The van der Waals surface area contributed by atoms with Crippen LogP contribution in [0.1, 0.15) is 19.6 Å². The average molecular weight is 262 g/mol. The van der Waals surface area contributed by atoms with Gasteiger partial charge in [0, 0.05) is 13.7 Å². The predicted octanol–water partition coefficient (Wildman–Crippen LogP) is 2.56. The predicted molar refractivity (Wildman–Crippen MR) is 59.2 cm³/mol. The summed E-state index contributed by atoms with van der Waals surface area (Å²) >= 11 is 3.26. The molecule has 1 aromatic heterocycles. The van der Waals surface area contributed by atoms with Gasteiger partial charge in [-0.1, -0.05) is 0 Å². The molecule has 0 atom stereocenters. The molecule has 0 unspecified atom stereocenters. The van der Waals surface area contributed by atoms with Crippen molar-refractivity contribution in [2.75, 3.05) is 13.7 Å². The molecule has 0 spiro atoms. The van der Waals surface area contributed by atoms with E-state index in [1.807, 2.05) is 26.0 Å². The van der Waals surface area contributed by atoms with Crippen molar-refractivity contribution in [1.29, 1.82) is 0 Å². The normalized spacial score (nSPS) is 12.0. The molecule has 0 bridgehead atoms. The van der Waals surface area contributed by atoms with Crippen LogP contribution in [0.25, 0.3) is 0 Å². The van der Waals surface area contributed by atoms with E-state index in [1.165, 1.54) is 0 Å². The van der Waals surface area contributed by atoms with Gasteiger partial charge in [0.2, 0.25) is 0 Å². The van der Waals surface area contributed by atoms with E-state index in [4.69, 9.17) is 9.15 Å². The van der Waals surface area contributed by atoms with Crippen molar-refractivity contribution in [1.82, 2.24) is 5.32 Å². The Morgan fingerprint density at radius 2 is 2.21 bits per heavy atom. The lowest BCUT2D eigenvalue weighted by Gasteiger charge is -2.22. The zero-order valence-corrected chi connectivity index (χ0v) is 10.3. The van der Waals surface area contributed by atoms with Crippen molar-refractivity contribution in [2.45, 2.75) is 26.0 Å². The number of rotatable bonds is 5. The molecule has 0 radical (unpaired) electrons. The molecule has 0 aliphatic carbocycles. The van der Waals surface area contributed by atoms with E-state index in [1.54, 1.807) is 7.11 Å². The van der Waals surface area contributed by atoms with Gasteiger partial charge < -0.3 is 14.5 Å². The van der Waals surface area contributed by atoms with E-state index in [2.05, 4.69) is 21.2 Å². The van der Waals surface area contributed by atoms with Crippen LogP contribution >= 0.6 is 15.9 Å². The average Bonchev–Trinajstić information content (AvgIpc) is 2.51. The van der Waals surface area contributed by atoms with Crippen LogP contribution < -0.4 is 5.32 Å². The van der Waals surface area contributed by atoms with Crippen molar-refractivity contribution < 1.29 is 9.15 Å². The second-order valence-corrected chi connectivity index (χ2v) is 4.55. The van der Waals surface area contributed by atoms with Gasteiger partial charge in [0.15, 0.2) is 4.67 Å². The summed E-state index contributed by atoms with van der Waals surface area (Å²) in [6.07, 6.45) is 0. The topological polar surface area (TPSA) is 34.4 Å². The molecular formula is C10H16BrNO2. The Hall–Kier alpha value is -0.320. The number of furan rings is 1. The minimum atomic E-state index is -0.135. The van der Waals surface area contributed by atoms with E-state index in [0.29, 0.717) is 0 Å². The maximum absolute atomic E-state index is 5.35. The zero-order valence-electron chi connectivity index (χ0n) is 8.76. The summed E-state index contributed by atoms with van der Waals surface area (Å²) < 4.78 is 11.4. The summed E-state index contributed by atoms with van der Waals surface area (Å²) in [5.41, 5.74) is -0.135. The molecule has 1 N–H and O–H groups in total.